The van der Waals surface area contributed by atoms with E-state index in [1.807, 2.05) is 4.90 Å². The van der Waals surface area contributed by atoms with Crippen molar-refractivity contribution in [1.29, 1.82) is 0 Å². The number of benzene rings is 1. The van der Waals surface area contributed by atoms with Crippen LogP contribution in [-0.4, -0.2) is 33.2 Å². The van der Waals surface area contributed by atoms with E-state index in [1.54, 1.807) is 23.5 Å². The third-order valence-electron chi connectivity index (χ3n) is 5.07. The van der Waals surface area contributed by atoms with Gasteiger partial charge in [0.1, 0.15) is 4.32 Å². The predicted octanol–water partition coefficient (Wildman–Crippen LogP) is 5.15. The van der Waals surface area contributed by atoms with E-state index in [1.165, 1.54) is 42.6 Å². The molecular weight excluding hydrogens is 354 g/mol. The summed E-state index contributed by atoms with van der Waals surface area (Å²) in [6.07, 6.45) is 10.7. The maximum atomic E-state index is 12.7. The van der Waals surface area contributed by atoms with E-state index < -0.39 is 0 Å². The molecule has 5 heteroatoms. The number of thiocarbonyl (C=S) groups is 1. The van der Waals surface area contributed by atoms with Crippen molar-refractivity contribution in [1.82, 2.24) is 4.90 Å². The Morgan fingerprint density at radius 3 is 2.58 bits per heavy atom. The average molecular weight is 380 g/mol. The van der Waals surface area contributed by atoms with E-state index in [2.05, 4.69) is 30.5 Å². The fraction of sp³-hybridized carbons (Fsp3) is 0.579. The standard InChI is InChI=1S/C19H25NOS3/c1-23-16-9-7-15(8-10-16)13-17-18(21)20(19(22)24-17)12-11-14-5-3-2-4-6-14/h7-10,14,17H,2-6,11-13H2,1H3/t17-/m0/s1. The summed E-state index contributed by atoms with van der Waals surface area (Å²) in [4.78, 5) is 15.9. The molecule has 2 nitrogen and oxygen atoms in total. The fourth-order valence-corrected chi connectivity index (χ4v) is 5.59. The average Bonchev–Trinajstić information content (AvgIpc) is 2.88. The van der Waals surface area contributed by atoms with E-state index in [9.17, 15) is 4.79 Å². The number of carbonyl (C=O) groups is 1. The number of hydrogen-bond donors (Lipinski definition) is 0. The first kappa shape index (κ1) is 18.3. The van der Waals surface area contributed by atoms with Crippen molar-refractivity contribution in [3.05, 3.63) is 29.8 Å². The Hall–Kier alpha value is -0.520. The van der Waals surface area contributed by atoms with Crippen molar-refractivity contribution >= 4 is 46.0 Å². The van der Waals surface area contributed by atoms with Gasteiger partial charge in [-0.3, -0.25) is 9.69 Å². The topological polar surface area (TPSA) is 20.3 Å². The Kier molecular flexibility index (Phi) is 6.64. The first-order valence-electron chi connectivity index (χ1n) is 8.82. The van der Waals surface area contributed by atoms with Gasteiger partial charge in [0.15, 0.2) is 0 Å². The van der Waals surface area contributed by atoms with Crippen molar-refractivity contribution in [2.75, 3.05) is 12.8 Å². The second-order valence-electron chi connectivity index (χ2n) is 6.71. The van der Waals surface area contributed by atoms with Gasteiger partial charge in [0.2, 0.25) is 5.91 Å². The van der Waals surface area contributed by atoms with Crippen LogP contribution in [0.3, 0.4) is 0 Å². The van der Waals surface area contributed by atoms with Gasteiger partial charge in [-0.25, -0.2) is 0 Å². The van der Waals surface area contributed by atoms with E-state index in [-0.39, 0.29) is 11.2 Å². The molecule has 0 aromatic heterocycles. The molecule has 1 amide bonds. The van der Waals surface area contributed by atoms with Crippen LogP contribution in [0.25, 0.3) is 0 Å². The van der Waals surface area contributed by atoms with Gasteiger partial charge in [-0.2, -0.15) is 0 Å². The minimum Gasteiger partial charge on any atom is -0.297 e. The summed E-state index contributed by atoms with van der Waals surface area (Å²) >= 11 is 8.80. The lowest BCUT2D eigenvalue weighted by Crippen LogP contribution is -2.34. The number of nitrogens with zero attached hydrogens (tertiary/aromatic N) is 1. The Morgan fingerprint density at radius 1 is 1.21 bits per heavy atom. The van der Waals surface area contributed by atoms with Crippen LogP contribution in [0.5, 0.6) is 0 Å². The molecule has 24 heavy (non-hydrogen) atoms. The van der Waals surface area contributed by atoms with Crippen LogP contribution < -0.4 is 0 Å². The van der Waals surface area contributed by atoms with Crippen LogP contribution in [0, 0.1) is 5.92 Å². The molecule has 1 aliphatic carbocycles. The van der Waals surface area contributed by atoms with Gasteiger partial charge in [0, 0.05) is 11.4 Å². The number of rotatable bonds is 6. The van der Waals surface area contributed by atoms with Gasteiger partial charge in [0.25, 0.3) is 0 Å². The van der Waals surface area contributed by atoms with Crippen molar-refractivity contribution in [3.8, 4) is 0 Å². The van der Waals surface area contributed by atoms with Gasteiger partial charge in [0.05, 0.1) is 5.25 Å². The molecule has 1 aliphatic heterocycles. The molecule has 3 rings (SSSR count). The van der Waals surface area contributed by atoms with Gasteiger partial charge in [-0.1, -0.05) is 68.2 Å². The van der Waals surface area contributed by atoms with E-state index in [0.717, 1.165) is 29.6 Å². The van der Waals surface area contributed by atoms with Gasteiger partial charge in [-0.05, 0) is 42.7 Å². The molecule has 1 aromatic carbocycles. The number of thioether (sulfide) groups is 2. The Balaban J connectivity index is 1.54. The molecule has 2 aliphatic rings. The number of carbonyl (C=O) groups excluding carboxylic acids is 1. The first-order chi connectivity index (χ1) is 11.7. The smallest absolute Gasteiger partial charge is 0.241 e. The lowest BCUT2D eigenvalue weighted by atomic mass is 9.87. The monoisotopic (exact) mass is 379 g/mol. The van der Waals surface area contributed by atoms with E-state index in [0.29, 0.717) is 0 Å². The molecule has 1 aromatic rings. The predicted molar refractivity (Wildman–Crippen MR) is 109 cm³/mol. The second kappa shape index (κ2) is 8.72. The highest BCUT2D eigenvalue weighted by molar-refractivity contribution is 8.24. The molecule has 0 unspecified atom stereocenters. The van der Waals surface area contributed by atoms with Crippen molar-refractivity contribution in [2.45, 2.75) is 55.1 Å². The molecule has 2 fully saturated rings. The molecule has 0 N–H and O–H groups in total. The molecule has 1 saturated heterocycles. The summed E-state index contributed by atoms with van der Waals surface area (Å²) in [7, 11) is 0. The summed E-state index contributed by atoms with van der Waals surface area (Å²) in [6, 6.07) is 8.52. The molecule has 1 saturated carbocycles. The summed E-state index contributed by atoms with van der Waals surface area (Å²) < 4.78 is 0.779. The Morgan fingerprint density at radius 2 is 1.92 bits per heavy atom. The Labute approximate surface area is 159 Å². The quantitative estimate of drug-likeness (QED) is 0.503. The molecule has 0 bridgehead atoms. The zero-order chi connectivity index (χ0) is 16.9. The zero-order valence-corrected chi connectivity index (χ0v) is 16.7. The minimum absolute atomic E-state index is 0.0380. The second-order valence-corrected chi connectivity index (χ2v) is 9.42. The van der Waals surface area contributed by atoms with Crippen LogP contribution in [-0.2, 0) is 11.2 Å². The Bertz CT molecular complexity index is 581. The maximum Gasteiger partial charge on any atom is 0.241 e. The lowest BCUT2D eigenvalue weighted by Gasteiger charge is -2.24. The minimum atomic E-state index is -0.0380. The molecule has 1 atom stereocenters. The summed E-state index contributed by atoms with van der Waals surface area (Å²) in [5, 5.41) is -0.0380. The van der Waals surface area contributed by atoms with E-state index >= 15 is 0 Å². The third-order valence-corrected chi connectivity index (χ3v) is 7.40. The SMILES string of the molecule is CSc1ccc(C[C@@H]2SC(=S)N(CCC3CCCCC3)C2=O)cc1. The molecule has 0 spiro atoms. The van der Waals surface area contributed by atoms with Crippen LogP contribution >= 0.6 is 35.7 Å². The van der Waals surface area contributed by atoms with Crippen molar-refractivity contribution in [3.63, 3.8) is 0 Å². The third kappa shape index (κ3) is 4.55. The van der Waals surface area contributed by atoms with Gasteiger partial charge < -0.3 is 0 Å². The van der Waals surface area contributed by atoms with Crippen molar-refractivity contribution < 1.29 is 4.79 Å². The maximum absolute atomic E-state index is 12.7. The molecular formula is C19H25NOS3. The fourth-order valence-electron chi connectivity index (χ4n) is 3.59. The van der Waals surface area contributed by atoms with Crippen LogP contribution in [0.4, 0.5) is 0 Å². The summed E-state index contributed by atoms with van der Waals surface area (Å²) in [5.74, 6) is 1.01. The number of hydrogen-bond acceptors (Lipinski definition) is 4. The highest BCUT2D eigenvalue weighted by Gasteiger charge is 2.36. The summed E-state index contributed by atoms with van der Waals surface area (Å²) in [6.45, 7) is 0.817. The molecule has 1 heterocycles. The highest BCUT2D eigenvalue weighted by atomic mass is 32.2. The van der Waals surface area contributed by atoms with Crippen LogP contribution in [0.15, 0.2) is 29.2 Å². The van der Waals surface area contributed by atoms with E-state index in [4.69, 9.17) is 12.2 Å². The first-order valence-corrected chi connectivity index (χ1v) is 11.3. The van der Waals surface area contributed by atoms with Crippen molar-refractivity contribution in [2.24, 2.45) is 5.92 Å². The van der Waals surface area contributed by atoms with Crippen LogP contribution in [0.2, 0.25) is 0 Å². The molecule has 0 radical (unpaired) electrons. The lowest BCUT2D eigenvalue weighted by molar-refractivity contribution is -0.126. The number of amides is 1. The summed E-state index contributed by atoms with van der Waals surface area (Å²) in [5.41, 5.74) is 1.22. The highest BCUT2D eigenvalue weighted by Crippen LogP contribution is 2.32. The van der Waals surface area contributed by atoms with Gasteiger partial charge >= 0.3 is 0 Å². The molecule has 130 valence electrons. The normalized spacial score (nSPS) is 22.4. The van der Waals surface area contributed by atoms with Gasteiger partial charge in [-0.15, -0.1) is 11.8 Å². The largest absolute Gasteiger partial charge is 0.297 e. The van der Waals surface area contributed by atoms with Crippen LogP contribution in [0.1, 0.15) is 44.1 Å². The zero-order valence-electron chi connectivity index (χ0n) is 14.2.